The highest BCUT2D eigenvalue weighted by molar-refractivity contribution is 6.03. The highest BCUT2D eigenvalue weighted by Crippen LogP contribution is 2.30. The van der Waals surface area contributed by atoms with Crippen LogP contribution in [0.1, 0.15) is 34.6 Å². The monoisotopic (exact) mass is 315 g/mol. The molecule has 0 bridgehead atoms. The first-order valence-electron chi connectivity index (χ1n) is 7.45. The summed E-state index contributed by atoms with van der Waals surface area (Å²) in [6.45, 7) is 9.36. The van der Waals surface area contributed by atoms with Crippen LogP contribution in [0.15, 0.2) is 34.1 Å². The molecule has 6 nitrogen and oxygen atoms in total. The Morgan fingerprint density at radius 3 is 2.39 bits per heavy atom. The summed E-state index contributed by atoms with van der Waals surface area (Å²) >= 11 is 0. The smallest absolute Gasteiger partial charge is 0.254 e. The number of pyridine rings is 1. The average Bonchev–Trinajstić information content (AvgIpc) is 2.49. The number of nitrogens with one attached hydrogen (secondary N) is 1. The van der Waals surface area contributed by atoms with Gasteiger partial charge in [-0.3, -0.25) is 24.3 Å². The Labute approximate surface area is 134 Å². The van der Waals surface area contributed by atoms with Gasteiger partial charge in [0.15, 0.2) is 0 Å². The van der Waals surface area contributed by atoms with Gasteiger partial charge in [0.25, 0.3) is 10.9 Å². The highest BCUT2D eigenvalue weighted by Gasteiger charge is 2.32. The third kappa shape index (κ3) is 3.16. The van der Waals surface area contributed by atoms with Crippen molar-refractivity contribution in [1.29, 1.82) is 0 Å². The molecule has 0 aliphatic rings. The summed E-state index contributed by atoms with van der Waals surface area (Å²) < 4.78 is 0. The molecule has 0 unspecified atom stereocenters. The van der Waals surface area contributed by atoms with Crippen molar-refractivity contribution in [3.8, 4) is 0 Å². The molecule has 2 aromatic rings. The van der Waals surface area contributed by atoms with Crippen molar-refractivity contribution >= 4 is 23.0 Å². The summed E-state index contributed by atoms with van der Waals surface area (Å²) in [7, 11) is 0. The van der Waals surface area contributed by atoms with Crippen molar-refractivity contribution in [2.75, 3.05) is 10.2 Å². The van der Waals surface area contributed by atoms with E-state index in [9.17, 15) is 14.4 Å². The van der Waals surface area contributed by atoms with Gasteiger partial charge in [-0.1, -0.05) is 20.8 Å². The summed E-state index contributed by atoms with van der Waals surface area (Å²) in [5.74, 6) is -0.350. The van der Waals surface area contributed by atoms with Crippen molar-refractivity contribution < 1.29 is 4.79 Å². The Morgan fingerprint density at radius 2 is 1.91 bits per heavy atom. The molecule has 1 heterocycles. The van der Waals surface area contributed by atoms with Gasteiger partial charge in [0.2, 0.25) is 5.91 Å². The van der Waals surface area contributed by atoms with Crippen LogP contribution in [0.3, 0.4) is 0 Å². The molecule has 23 heavy (non-hydrogen) atoms. The molecule has 1 atom stereocenters. The molecule has 1 aromatic carbocycles. The third-order valence-electron chi connectivity index (χ3n) is 3.99. The second-order valence-corrected chi connectivity index (χ2v) is 6.68. The molecule has 1 aromatic heterocycles. The molecule has 122 valence electrons. The van der Waals surface area contributed by atoms with E-state index in [1.807, 2.05) is 27.7 Å². The minimum absolute atomic E-state index is 0.0488. The lowest BCUT2D eigenvalue weighted by Gasteiger charge is -2.32. The van der Waals surface area contributed by atoms with Gasteiger partial charge in [0, 0.05) is 19.2 Å². The van der Waals surface area contributed by atoms with Crippen LogP contribution in [0.2, 0.25) is 0 Å². The van der Waals surface area contributed by atoms with E-state index < -0.39 is 10.9 Å². The number of carbonyl (C=O) groups excluding carboxylic acids is 1. The predicted octanol–water partition coefficient (Wildman–Crippen LogP) is 2.21. The number of anilines is 3. The molecule has 0 radical (unpaired) electrons. The summed E-state index contributed by atoms with van der Waals surface area (Å²) in [6, 6.07) is 3.29. The minimum atomic E-state index is -0.660. The lowest BCUT2D eigenvalue weighted by atomic mass is 9.87. The number of hydrogen-bond donors (Lipinski definition) is 1. The first-order valence-corrected chi connectivity index (χ1v) is 7.45. The van der Waals surface area contributed by atoms with Crippen LogP contribution in [-0.2, 0) is 4.79 Å². The molecule has 6 heteroatoms. The SMILES string of the molecule is CC(=O)N(c1cccnc1)c1c(N[C@H](C)C(C)(C)C)c(=O)c1=O. The second-order valence-electron chi connectivity index (χ2n) is 6.68. The van der Waals surface area contributed by atoms with Crippen LogP contribution in [0.4, 0.5) is 17.1 Å². The van der Waals surface area contributed by atoms with Gasteiger partial charge in [-0.2, -0.15) is 0 Å². The van der Waals surface area contributed by atoms with Gasteiger partial charge in [-0.15, -0.1) is 0 Å². The Morgan fingerprint density at radius 1 is 1.26 bits per heavy atom. The standard InChI is InChI=1S/C17H21N3O3/c1-10(17(3,4)5)19-13-14(16(23)15(13)22)20(11(2)21)12-7-6-8-18-9-12/h6-10,19H,1-5H3/t10-/m1/s1. The van der Waals surface area contributed by atoms with Crippen molar-refractivity contribution in [3.05, 3.63) is 45.0 Å². The molecule has 1 amide bonds. The van der Waals surface area contributed by atoms with Crippen LogP contribution >= 0.6 is 0 Å². The van der Waals surface area contributed by atoms with Gasteiger partial charge in [0.05, 0.1) is 11.9 Å². The van der Waals surface area contributed by atoms with E-state index in [0.717, 1.165) is 0 Å². The van der Waals surface area contributed by atoms with E-state index in [1.54, 1.807) is 18.3 Å². The molecule has 2 rings (SSSR count). The Hall–Kier alpha value is -2.50. The Bertz CT molecular complexity index is 784. The molecule has 0 saturated carbocycles. The van der Waals surface area contributed by atoms with E-state index in [2.05, 4.69) is 10.3 Å². The van der Waals surface area contributed by atoms with Gasteiger partial charge < -0.3 is 5.32 Å². The predicted molar refractivity (Wildman–Crippen MR) is 91.0 cm³/mol. The molecule has 1 N–H and O–H groups in total. The fourth-order valence-corrected chi connectivity index (χ4v) is 2.11. The number of hydrogen-bond acceptors (Lipinski definition) is 5. The van der Waals surface area contributed by atoms with Crippen LogP contribution in [0, 0.1) is 5.41 Å². The Balaban J connectivity index is 2.47. The number of aromatic nitrogens is 1. The zero-order valence-electron chi connectivity index (χ0n) is 14.0. The second kappa shape index (κ2) is 5.95. The summed E-state index contributed by atoms with van der Waals surface area (Å²) in [5, 5.41) is 3.09. The number of nitrogens with zero attached hydrogens (tertiary/aromatic N) is 2. The fourth-order valence-electron chi connectivity index (χ4n) is 2.11. The summed E-state index contributed by atoms with van der Waals surface area (Å²) in [6.07, 6.45) is 3.06. The maximum atomic E-state index is 12.1. The molecular weight excluding hydrogens is 294 g/mol. The van der Waals surface area contributed by atoms with Crippen LogP contribution in [0.25, 0.3) is 0 Å². The van der Waals surface area contributed by atoms with Crippen molar-refractivity contribution in [1.82, 2.24) is 4.98 Å². The minimum Gasteiger partial charge on any atom is -0.377 e. The fraction of sp³-hybridized carbons (Fsp3) is 0.412. The van der Waals surface area contributed by atoms with Crippen LogP contribution in [0.5, 0.6) is 0 Å². The highest BCUT2D eigenvalue weighted by atomic mass is 16.2. The van der Waals surface area contributed by atoms with Crippen LogP contribution in [-0.4, -0.2) is 16.9 Å². The third-order valence-corrected chi connectivity index (χ3v) is 3.99. The summed E-state index contributed by atoms with van der Waals surface area (Å²) in [4.78, 5) is 41.3. The lowest BCUT2D eigenvalue weighted by molar-refractivity contribution is -0.115. The molecule has 0 aliphatic carbocycles. The molecule has 0 fully saturated rings. The topological polar surface area (TPSA) is 79.4 Å². The maximum Gasteiger partial charge on any atom is 0.254 e. The van der Waals surface area contributed by atoms with E-state index in [0.29, 0.717) is 5.69 Å². The van der Waals surface area contributed by atoms with Crippen molar-refractivity contribution in [2.45, 2.75) is 40.7 Å². The number of rotatable bonds is 4. The maximum absolute atomic E-state index is 12.1. The van der Waals surface area contributed by atoms with Crippen LogP contribution < -0.4 is 21.1 Å². The molecular formula is C17H21N3O3. The number of amides is 1. The normalized spacial score (nSPS) is 12.9. The first-order chi connectivity index (χ1) is 10.6. The van der Waals surface area contributed by atoms with Gasteiger partial charge in [0.1, 0.15) is 11.4 Å². The van der Waals surface area contributed by atoms with E-state index in [4.69, 9.17) is 0 Å². The Kier molecular flexibility index (Phi) is 4.36. The first kappa shape index (κ1) is 16.9. The zero-order chi connectivity index (χ0) is 17.4. The van der Waals surface area contributed by atoms with E-state index in [-0.39, 0.29) is 28.7 Å². The van der Waals surface area contributed by atoms with E-state index in [1.165, 1.54) is 18.0 Å². The molecule has 0 spiro atoms. The number of carbonyl (C=O) groups is 1. The van der Waals surface area contributed by atoms with Crippen molar-refractivity contribution in [3.63, 3.8) is 0 Å². The van der Waals surface area contributed by atoms with E-state index >= 15 is 0 Å². The largest absolute Gasteiger partial charge is 0.377 e. The van der Waals surface area contributed by atoms with Crippen molar-refractivity contribution in [2.24, 2.45) is 5.41 Å². The van der Waals surface area contributed by atoms with Gasteiger partial charge in [-0.05, 0) is 24.5 Å². The van der Waals surface area contributed by atoms with Gasteiger partial charge in [-0.25, -0.2) is 0 Å². The average molecular weight is 315 g/mol. The quantitative estimate of drug-likeness (QED) is 0.875. The summed E-state index contributed by atoms with van der Waals surface area (Å²) in [5.41, 5.74) is -0.618. The molecule has 0 saturated heterocycles. The molecule has 0 aliphatic heterocycles. The lowest BCUT2D eigenvalue weighted by Crippen LogP contribution is -2.45. The zero-order valence-corrected chi connectivity index (χ0v) is 14.0. The van der Waals surface area contributed by atoms with Gasteiger partial charge >= 0.3 is 0 Å².